The number of aromatic amines is 1. The summed E-state index contributed by atoms with van der Waals surface area (Å²) in [6, 6.07) is 5.22. The number of carbonyl (C=O) groups is 2. The van der Waals surface area contributed by atoms with Gasteiger partial charge in [0.2, 0.25) is 11.8 Å². The Morgan fingerprint density at radius 2 is 2.12 bits per heavy atom. The summed E-state index contributed by atoms with van der Waals surface area (Å²) in [5.41, 5.74) is 1.77. The summed E-state index contributed by atoms with van der Waals surface area (Å²) in [4.78, 5) is 28.1. The third-order valence-electron chi connectivity index (χ3n) is 5.18. The zero-order valence-electron chi connectivity index (χ0n) is 16.2. The van der Waals surface area contributed by atoms with E-state index in [-0.39, 0.29) is 28.6 Å². The number of benzene rings is 2. The number of aromatic nitrogens is 3. The molecule has 2 aromatic heterocycles. The first kappa shape index (κ1) is 20.5. The topological polar surface area (TPSA) is 99.8 Å². The summed E-state index contributed by atoms with van der Waals surface area (Å²) in [5, 5.41) is 12.4. The van der Waals surface area contributed by atoms with E-state index in [1.54, 1.807) is 18.2 Å². The summed E-state index contributed by atoms with van der Waals surface area (Å²) in [6.07, 6.45) is 1.65. The lowest BCUT2D eigenvalue weighted by atomic mass is 10.00. The SMILES string of the molecule is C=CC(=O)Nc1c(F)c(Cl)c(-c2ccc3nc(NC(=O)[C@@H]4C[C@@H]4F)sc3c2)c2cn[nH]c12. The average molecular weight is 474 g/mol. The van der Waals surface area contributed by atoms with Crippen LogP contribution in [0.1, 0.15) is 6.42 Å². The minimum absolute atomic E-state index is 0.119. The highest BCUT2D eigenvalue weighted by Crippen LogP contribution is 2.43. The number of alkyl halides is 1. The fraction of sp³-hybridized carbons (Fsp3) is 0.143. The molecular formula is C21H14ClF2N5O2S. The van der Waals surface area contributed by atoms with Gasteiger partial charge >= 0.3 is 0 Å². The first-order chi connectivity index (χ1) is 15.4. The Morgan fingerprint density at radius 3 is 2.84 bits per heavy atom. The molecule has 4 aromatic rings. The van der Waals surface area contributed by atoms with Crippen LogP contribution in [0.15, 0.2) is 37.1 Å². The molecule has 0 unspecified atom stereocenters. The van der Waals surface area contributed by atoms with Crippen LogP contribution in [0.5, 0.6) is 0 Å². The van der Waals surface area contributed by atoms with Crippen molar-refractivity contribution in [3.63, 3.8) is 0 Å². The minimum atomic E-state index is -1.09. The van der Waals surface area contributed by atoms with E-state index in [0.717, 1.165) is 10.8 Å². The maximum atomic E-state index is 15.1. The van der Waals surface area contributed by atoms with Crippen molar-refractivity contribution in [1.29, 1.82) is 0 Å². The smallest absolute Gasteiger partial charge is 0.247 e. The van der Waals surface area contributed by atoms with Gasteiger partial charge in [-0.25, -0.2) is 13.8 Å². The molecule has 2 amide bonds. The molecule has 162 valence electrons. The zero-order chi connectivity index (χ0) is 22.6. The van der Waals surface area contributed by atoms with Gasteiger partial charge in [-0.1, -0.05) is 35.6 Å². The van der Waals surface area contributed by atoms with Crippen molar-refractivity contribution in [3.05, 3.63) is 47.9 Å². The minimum Gasteiger partial charge on any atom is -0.318 e. The first-order valence-corrected chi connectivity index (χ1v) is 10.7. The Labute approximate surface area is 188 Å². The largest absolute Gasteiger partial charge is 0.318 e. The van der Waals surface area contributed by atoms with Gasteiger partial charge < -0.3 is 10.6 Å². The second kappa shape index (κ2) is 7.64. The van der Waals surface area contributed by atoms with E-state index in [9.17, 15) is 14.0 Å². The number of nitrogens with one attached hydrogen (secondary N) is 3. The second-order valence-corrected chi connectivity index (χ2v) is 8.69. The predicted molar refractivity (Wildman–Crippen MR) is 120 cm³/mol. The molecule has 0 saturated heterocycles. The quantitative estimate of drug-likeness (QED) is 0.353. The van der Waals surface area contributed by atoms with Crippen LogP contribution >= 0.6 is 22.9 Å². The summed E-state index contributed by atoms with van der Waals surface area (Å²) >= 11 is 7.60. The van der Waals surface area contributed by atoms with Gasteiger partial charge in [0.05, 0.1) is 32.9 Å². The van der Waals surface area contributed by atoms with E-state index in [2.05, 4.69) is 32.4 Å². The average Bonchev–Trinajstić information content (AvgIpc) is 3.14. The van der Waals surface area contributed by atoms with E-state index in [4.69, 9.17) is 11.6 Å². The van der Waals surface area contributed by atoms with Crippen molar-refractivity contribution in [2.45, 2.75) is 12.6 Å². The van der Waals surface area contributed by atoms with Crippen molar-refractivity contribution in [2.24, 2.45) is 5.92 Å². The number of carbonyl (C=O) groups excluding carboxylic acids is 2. The molecule has 0 aliphatic heterocycles. The van der Waals surface area contributed by atoms with Crippen LogP contribution in [0, 0.1) is 11.7 Å². The number of halogens is 3. The number of nitrogens with zero attached hydrogens (tertiary/aromatic N) is 2. The lowest BCUT2D eigenvalue weighted by Crippen LogP contribution is -2.14. The van der Waals surface area contributed by atoms with E-state index in [0.29, 0.717) is 27.2 Å². The predicted octanol–water partition coefficient (Wildman–Crippen LogP) is 5.05. The molecule has 0 spiro atoms. The van der Waals surface area contributed by atoms with Crippen molar-refractivity contribution >= 4 is 66.7 Å². The molecule has 3 N–H and O–H groups in total. The van der Waals surface area contributed by atoms with E-state index < -0.39 is 23.8 Å². The van der Waals surface area contributed by atoms with Crippen LogP contribution in [0.4, 0.5) is 19.6 Å². The lowest BCUT2D eigenvalue weighted by Gasteiger charge is -2.12. The maximum Gasteiger partial charge on any atom is 0.247 e. The highest BCUT2D eigenvalue weighted by Gasteiger charge is 2.43. The molecule has 1 saturated carbocycles. The molecule has 7 nitrogen and oxygen atoms in total. The zero-order valence-corrected chi connectivity index (χ0v) is 17.8. The molecule has 2 heterocycles. The molecule has 1 aliphatic carbocycles. The Kier molecular flexibility index (Phi) is 4.90. The molecule has 5 rings (SSSR count). The maximum absolute atomic E-state index is 15.1. The molecule has 0 bridgehead atoms. The summed E-state index contributed by atoms with van der Waals surface area (Å²) in [5.74, 6) is -2.40. The first-order valence-electron chi connectivity index (χ1n) is 9.50. The van der Waals surface area contributed by atoms with Crippen LogP contribution in [0.2, 0.25) is 5.02 Å². The number of hydrogen-bond acceptors (Lipinski definition) is 5. The van der Waals surface area contributed by atoms with Gasteiger partial charge in [-0.3, -0.25) is 14.7 Å². The Bertz CT molecular complexity index is 1430. The monoisotopic (exact) mass is 473 g/mol. The van der Waals surface area contributed by atoms with Crippen LogP contribution in [0.25, 0.3) is 32.2 Å². The molecule has 2 aromatic carbocycles. The van der Waals surface area contributed by atoms with Crippen LogP contribution < -0.4 is 10.6 Å². The van der Waals surface area contributed by atoms with Crippen molar-refractivity contribution in [1.82, 2.24) is 15.2 Å². The molecule has 11 heteroatoms. The number of fused-ring (bicyclic) bond motifs is 2. The fourth-order valence-electron chi connectivity index (χ4n) is 3.45. The van der Waals surface area contributed by atoms with Crippen LogP contribution in [-0.2, 0) is 9.59 Å². The number of thiazole rings is 1. The number of anilines is 2. The number of amides is 2. The Morgan fingerprint density at radius 1 is 1.34 bits per heavy atom. The fourth-order valence-corrected chi connectivity index (χ4v) is 4.67. The molecule has 0 radical (unpaired) electrons. The van der Waals surface area contributed by atoms with Gasteiger partial charge in [0.15, 0.2) is 10.9 Å². The van der Waals surface area contributed by atoms with Gasteiger partial charge in [0.25, 0.3) is 0 Å². The van der Waals surface area contributed by atoms with Crippen molar-refractivity contribution < 1.29 is 18.4 Å². The van der Waals surface area contributed by atoms with E-state index in [1.807, 2.05) is 0 Å². The van der Waals surface area contributed by atoms with Gasteiger partial charge in [-0.2, -0.15) is 5.10 Å². The summed E-state index contributed by atoms with van der Waals surface area (Å²) in [7, 11) is 0. The third kappa shape index (κ3) is 3.41. The highest BCUT2D eigenvalue weighted by atomic mass is 35.5. The molecule has 2 atom stereocenters. The highest BCUT2D eigenvalue weighted by molar-refractivity contribution is 7.22. The number of H-pyrrole nitrogens is 1. The Balaban J connectivity index is 1.57. The summed E-state index contributed by atoms with van der Waals surface area (Å²) in [6.45, 7) is 3.36. The van der Waals surface area contributed by atoms with Crippen molar-refractivity contribution in [2.75, 3.05) is 10.6 Å². The van der Waals surface area contributed by atoms with Gasteiger partial charge in [-0.15, -0.1) is 0 Å². The lowest BCUT2D eigenvalue weighted by molar-refractivity contribution is -0.117. The van der Waals surface area contributed by atoms with Gasteiger partial charge in [-0.05, 0) is 30.2 Å². The standard InChI is InChI=1S/C21H14ClF2N5O2S/c1-2-14(30)27-19-17(24)16(22)15(10-7-25-29-18(10)19)8-3-4-12-13(5-8)32-21(26-12)28-20(31)9-6-11(9)23/h2-5,7,9,11H,1,6H2,(H,25,29)(H,27,30)(H,26,28,31)/t9-,11+/m1/s1. The van der Waals surface area contributed by atoms with Crippen LogP contribution in [0.3, 0.4) is 0 Å². The van der Waals surface area contributed by atoms with Gasteiger partial charge in [0, 0.05) is 10.9 Å². The summed E-state index contributed by atoms with van der Waals surface area (Å²) < 4.78 is 28.9. The normalized spacial score (nSPS) is 17.5. The van der Waals surface area contributed by atoms with Crippen molar-refractivity contribution in [3.8, 4) is 11.1 Å². The third-order valence-corrected chi connectivity index (χ3v) is 6.47. The Hall–Kier alpha value is -3.37. The molecule has 1 fully saturated rings. The van der Waals surface area contributed by atoms with E-state index >= 15 is 4.39 Å². The van der Waals surface area contributed by atoms with Crippen LogP contribution in [-0.4, -0.2) is 33.2 Å². The molecular weight excluding hydrogens is 460 g/mol. The molecule has 32 heavy (non-hydrogen) atoms. The molecule has 1 aliphatic rings. The number of hydrogen-bond donors (Lipinski definition) is 3. The van der Waals surface area contributed by atoms with E-state index in [1.165, 1.54) is 17.5 Å². The van der Waals surface area contributed by atoms with Gasteiger partial charge in [0.1, 0.15) is 11.9 Å². The number of rotatable bonds is 5. The second-order valence-electron chi connectivity index (χ2n) is 7.28.